The first-order chi connectivity index (χ1) is 12.2. The number of anilines is 1. The van der Waals surface area contributed by atoms with Crippen LogP contribution in [0, 0.1) is 5.82 Å². The molecule has 3 heterocycles. The number of aromatic nitrogens is 3. The third-order valence-corrected chi connectivity index (χ3v) is 4.36. The molecule has 0 spiro atoms. The number of nitrogens with zero attached hydrogens (tertiary/aromatic N) is 3. The molecule has 0 saturated carbocycles. The normalized spacial score (nSPS) is 14.7. The lowest BCUT2D eigenvalue weighted by atomic mass is 10.1. The van der Waals surface area contributed by atoms with Gasteiger partial charge in [0.25, 0.3) is 5.56 Å². The van der Waals surface area contributed by atoms with Gasteiger partial charge in [-0.05, 0) is 42.2 Å². The second kappa shape index (κ2) is 6.47. The summed E-state index contributed by atoms with van der Waals surface area (Å²) in [7, 11) is 0. The molecule has 0 bridgehead atoms. The number of nitrogens with one attached hydrogen (secondary N) is 1. The zero-order valence-corrected chi connectivity index (χ0v) is 13.6. The summed E-state index contributed by atoms with van der Waals surface area (Å²) >= 11 is 0. The maximum absolute atomic E-state index is 13.0. The Morgan fingerprint density at radius 3 is 2.60 bits per heavy atom. The minimum atomic E-state index is -0.276. The van der Waals surface area contributed by atoms with Gasteiger partial charge in [-0.3, -0.25) is 9.78 Å². The summed E-state index contributed by atoms with van der Waals surface area (Å²) in [6.45, 7) is 1.80. The van der Waals surface area contributed by atoms with Gasteiger partial charge in [0.1, 0.15) is 5.82 Å². The molecule has 126 valence electrons. The van der Waals surface area contributed by atoms with Crippen LogP contribution in [-0.2, 0) is 0 Å². The molecule has 5 nitrogen and oxygen atoms in total. The molecule has 1 N–H and O–H groups in total. The molecule has 2 aromatic heterocycles. The Bertz CT molecular complexity index is 988. The molecular formula is C19H17FN4O. The van der Waals surface area contributed by atoms with Crippen LogP contribution in [0.5, 0.6) is 0 Å². The highest BCUT2D eigenvalue weighted by Gasteiger charge is 2.16. The zero-order valence-electron chi connectivity index (χ0n) is 13.6. The highest BCUT2D eigenvalue weighted by molar-refractivity contribution is 5.88. The predicted molar refractivity (Wildman–Crippen MR) is 96.9 cm³/mol. The van der Waals surface area contributed by atoms with Crippen LogP contribution in [0.25, 0.3) is 23.2 Å². The van der Waals surface area contributed by atoms with E-state index in [4.69, 9.17) is 0 Å². The highest BCUT2D eigenvalue weighted by atomic mass is 19.1. The SMILES string of the molecule is O=c1[nH]c(N2CCCC2)nc2nccc(/C=C/c3ccc(F)cc3)c12. The predicted octanol–water partition coefficient (Wildman–Crippen LogP) is 3.23. The number of halogens is 1. The number of benzene rings is 1. The maximum atomic E-state index is 13.0. The maximum Gasteiger partial charge on any atom is 0.262 e. The van der Waals surface area contributed by atoms with Gasteiger partial charge < -0.3 is 4.90 Å². The largest absolute Gasteiger partial charge is 0.342 e. The topological polar surface area (TPSA) is 61.9 Å². The second-order valence-electron chi connectivity index (χ2n) is 6.07. The summed E-state index contributed by atoms with van der Waals surface area (Å²) in [5, 5.41) is 0.462. The Morgan fingerprint density at radius 2 is 1.84 bits per heavy atom. The van der Waals surface area contributed by atoms with Crippen LogP contribution < -0.4 is 10.5 Å². The number of H-pyrrole nitrogens is 1. The molecule has 3 aromatic rings. The summed E-state index contributed by atoms with van der Waals surface area (Å²) in [4.78, 5) is 26.3. The molecule has 1 aliphatic heterocycles. The molecule has 1 aliphatic rings. The summed E-state index contributed by atoms with van der Waals surface area (Å²) < 4.78 is 13.0. The number of rotatable bonds is 3. The van der Waals surface area contributed by atoms with Gasteiger partial charge in [-0.1, -0.05) is 24.3 Å². The van der Waals surface area contributed by atoms with E-state index in [0.29, 0.717) is 17.0 Å². The molecule has 1 fully saturated rings. The van der Waals surface area contributed by atoms with Crippen LogP contribution in [0.15, 0.2) is 41.3 Å². The quantitative estimate of drug-likeness (QED) is 0.798. The number of hydrogen-bond acceptors (Lipinski definition) is 4. The summed E-state index contributed by atoms with van der Waals surface area (Å²) in [5.74, 6) is 0.309. The Labute approximate surface area is 143 Å². The van der Waals surface area contributed by atoms with Crippen molar-refractivity contribution in [2.75, 3.05) is 18.0 Å². The monoisotopic (exact) mass is 336 g/mol. The average molecular weight is 336 g/mol. The number of pyridine rings is 1. The minimum Gasteiger partial charge on any atom is -0.342 e. The Kier molecular flexibility index (Phi) is 4.01. The second-order valence-corrected chi connectivity index (χ2v) is 6.07. The van der Waals surface area contributed by atoms with E-state index < -0.39 is 0 Å². The highest BCUT2D eigenvalue weighted by Crippen LogP contribution is 2.19. The van der Waals surface area contributed by atoms with Crippen LogP contribution in [0.1, 0.15) is 24.0 Å². The van der Waals surface area contributed by atoms with Crippen molar-refractivity contribution in [2.45, 2.75) is 12.8 Å². The van der Waals surface area contributed by atoms with E-state index in [2.05, 4.69) is 19.9 Å². The van der Waals surface area contributed by atoms with E-state index >= 15 is 0 Å². The van der Waals surface area contributed by atoms with E-state index in [1.807, 2.05) is 12.2 Å². The molecule has 4 rings (SSSR count). The van der Waals surface area contributed by atoms with E-state index in [0.717, 1.165) is 37.1 Å². The number of hydrogen-bond donors (Lipinski definition) is 1. The smallest absolute Gasteiger partial charge is 0.262 e. The van der Waals surface area contributed by atoms with Gasteiger partial charge in [-0.2, -0.15) is 4.98 Å². The first-order valence-corrected chi connectivity index (χ1v) is 8.28. The Balaban J connectivity index is 1.74. The van der Waals surface area contributed by atoms with Crippen molar-refractivity contribution in [3.63, 3.8) is 0 Å². The summed E-state index contributed by atoms with van der Waals surface area (Å²) in [6.07, 6.45) is 7.52. The Morgan fingerprint density at radius 1 is 1.08 bits per heavy atom. The van der Waals surface area contributed by atoms with Crippen molar-refractivity contribution < 1.29 is 4.39 Å². The first-order valence-electron chi connectivity index (χ1n) is 8.28. The summed E-state index contributed by atoms with van der Waals surface area (Å²) in [5.41, 5.74) is 1.83. The lowest BCUT2D eigenvalue weighted by Gasteiger charge is -2.15. The fourth-order valence-electron chi connectivity index (χ4n) is 3.05. The van der Waals surface area contributed by atoms with Gasteiger partial charge in [0.2, 0.25) is 5.95 Å². The molecule has 0 radical (unpaired) electrons. The first kappa shape index (κ1) is 15.5. The lowest BCUT2D eigenvalue weighted by Crippen LogP contribution is -2.24. The van der Waals surface area contributed by atoms with Gasteiger partial charge in [0.05, 0.1) is 5.39 Å². The van der Waals surface area contributed by atoms with Gasteiger partial charge in [-0.25, -0.2) is 9.37 Å². The van der Waals surface area contributed by atoms with Crippen molar-refractivity contribution >= 4 is 29.1 Å². The van der Waals surface area contributed by atoms with Crippen molar-refractivity contribution in [1.82, 2.24) is 15.0 Å². The molecule has 6 heteroatoms. The van der Waals surface area contributed by atoms with Crippen LogP contribution >= 0.6 is 0 Å². The van der Waals surface area contributed by atoms with Crippen molar-refractivity contribution in [1.29, 1.82) is 0 Å². The van der Waals surface area contributed by atoms with Gasteiger partial charge in [0.15, 0.2) is 5.65 Å². The molecule has 25 heavy (non-hydrogen) atoms. The van der Waals surface area contributed by atoms with Crippen LogP contribution in [0.3, 0.4) is 0 Å². The fourth-order valence-corrected chi connectivity index (χ4v) is 3.05. The lowest BCUT2D eigenvalue weighted by molar-refractivity contribution is 0.628. The van der Waals surface area contributed by atoms with Crippen molar-refractivity contribution in [2.24, 2.45) is 0 Å². The third-order valence-electron chi connectivity index (χ3n) is 4.36. The summed E-state index contributed by atoms with van der Waals surface area (Å²) in [6, 6.07) is 7.95. The average Bonchev–Trinajstić information content (AvgIpc) is 3.15. The molecule has 0 unspecified atom stereocenters. The van der Waals surface area contributed by atoms with E-state index in [1.165, 1.54) is 12.1 Å². The van der Waals surface area contributed by atoms with Crippen molar-refractivity contribution in [3.05, 3.63) is 63.8 Å². The van der Waals surface area contributed by atoms with Crippen LogP contribution in [0.2, 0.25) is 0 Å². The zero-order chi connectivity index (χ0) is 17.2. The molecule has 0 aliphatic carbocycles. The molecule has 1 aromatic carbocycles. The number of fused-ring (bicyclic) bond motifs is 1. The van der Waals surface area contributed by atoms with Crippen LogP contribution in [0.4, 0.5) is 10.3 Å². The molecular weight excluding hydrogens is 319 g/mol. The van der Waals surface area contributed by atoms with E-state index in [-0.39, 0.29) is 11.4 Å². The standard InChI is InChI=1S/C19H17FN4O/c20-15-7-4-13(5-8-15)3-6-14-9-10-21-17-16(14)18(25)23-19(22-17)24-11-1-2-12-24/h3-10H,1-2,11-12H2,(H,21,22,23,25)/b6-3+. The fraction of sp³-hybridized carbons (Fsp3) is 0.211. The minimum absolute atomic E-state index is 0.196. The third kappa shape index (κ3) is 3.15. The van der Waals surface area contributed by atoms with Gasteiger partial charge >= 0.3 is 0 Å². The van der Waals surface area contributed by atoms with Gasteiger partial charge in [-0.15, -0.1) is 0 Å². The van der Waals surface area contributed by atoms with Gasteiger partial charge in [0, 0.05) is 19.3 Å². The Hall–Kier alpha value is -3.02. The molecule has 0 atom stereocenters. The van der Waals surface area contributed by atoms with Crippen LogP contribution in [-0.4, -0.2) is 28.0 Å². The molecule has 0 amide bonds. The van der Waals surface area contributed by atoms with E-state index in [9.17, 15) is 9.18 Å². The van der Waals surface area contributed by atoms with Crippen molar-refractivity contribution in [3.8, 4) is 0 Å². The number of aromatic amines is 1. The molecule has 1 saturated heterocycles. The van der Waals surface area contributed by atoms with E-state index in [1.54, 1.807) is 24.4 Å².